The number of nitrogens with one attached hydrogen (secondary N) is 2. The summed E-state index contributed by atoms with van der Waals surface area (Å²) in [7, 11) is 1.60. The summed E-state index contributed by atoms with van der Waals surface area (Å²) in [6.45, 7) is 10.3. The van der Waals surface area contributed by atoms with Gasteiger partial charge in [-0.3, -0.25) is 9.59 Å². The van der Waals surface area contributed by atoms with Crippen LogP contribution in [-0.2, 0) is 20.7 Å². The van der Waals surface area contributed by atoms with Gasteiger partial charge >= 0.3 is 0 Å². The van der Waals surface area contributed by atoms with E-state index in [0.717, 1.165) is 39.4 Å². The molecule has 1 aromatic rings. The van der Waals surface area contributed by atoms with Gasteiger partial charge in [0.25, 0.3) is 0 Å². The highest BCUT2D eigenvalue weighted by Gasteiger charge is 2.27. The first-order valence-corrected chi connectivity index (χ1v) is 11.1. The summed E-state index contributed by atoms with van der Waals surface area (Å²) < 4.78 is 5.33. The van der Waals surface area contributed by atoms with Crippen molar-refractivity contribution in [1.82, 2.24) is 5.43 Å². The summed E-state index contributed by atoms with van der Waals surface area (Å²) in [5.41, 5.74) is 7.28. The molecule has 2 aliphatic rings. The minimum atomic E-state index is -0.0685. The largest absolute Gasteiger partial charge is 0.491 e. The fourth-order valence-corrected chi connectivity index (χ4v) is 4.46. The molecule has 2 atom stereocenters. The highest BCUT2D eigenvalue weighted by Crippen LogP contribution is 2.42. The van der Waals surface area contributed by atoms with E-state index in [4.69, 9.17) is 4.74 Å². The third-order valence-electron chi connectivity index (χ3n) is 5.46. The van der Waals surface area contributed by atoms with Crippen molar-refractivity contribution < 1.29 is 14.3 Å². The second kappa shape index (κ2) is 9.51. The molecule has 2 amide bonds. The Labute approximate surface area is 182 Å². The van der Waals surface area contributed by atoms with Crippen molar-refractivity contribution in [1.29, 1.82) is 0 Å². The summed E-state index contributed by atoms with van der Waals surface area (Å²) in [5, 5.41) is 7.99. The molecule has 7 heteroatoms. The lowest BCUT2D eigenvalue weighted by atomic mass is 9.88. The minimum absolute atomic E-state index is 0.0191. The molecule has 2 unspecified atom stereocenters. The zero-order chi connectivity index (χ0) is 21.8. The van der Waals surface area contributed by atoms with Crippen LogP contribution in [0.15, 0.2) is 35.0 Å². The molecule has 1 aromatic carbocycles. The second-order valence-corrected chi connectivity index (χ2v) is 8.94. The average Bonchev–Trinajstić information content (AvgIpc) is 2.72. The van der Waals surface area contributed by atoms with Gasteiger partial charge in [0.2, 0.25) is 11.8 Å². The monoisotopic (exact) mass is 427 g/mol. The number of hydrogen-bond acceptors (Lipinski definition) is 5. The van der Waals surface area contributed by atoms with Crippen LogP contribution in [0.5, 0.6) is 0 Å². The van der Waals surface area contributed by atoms with E-state index in [0.29, 0.717) is 30.3 Å². The summed E-state index contributed by atoms with van der Waals surface area (Å²) in [5.74, 6) is 0.319. The van der Waals surface area contributed by atoms with Crippen molar-refractivity contribution >= 4 is 39.9 Å². The van der Waals surface area contributed by atoms with Gasteiger partial charge in [-0.25, -0.2) is 5.43 Å². The quantitative estimate of drug-likeness (QED) is 0.620. The van der Waals surface area contributed by atoms with Gasteiger partial charge in [-0.05, 0) is 42.2 Å². The molecule has 160 valence electrons. The summed E-state index contributed by atoms with van der Waals surface area (Å²) in [4.78, 5) is 24.9. The topological polar surface area (TPSA) is 79.8 Å². The molecule has 3 rings (SSSR count). The fraction of sp³-hybridized carbons (Fsp3) is 0.435. The van der Waals surface area contributed by atoms with Crippen molar-refractivity contribution in [3.8, 4) is 0 Å². The van der Waals surface area contributed by atoms with Crippen LogP contribution in [0.3, 0.4) is 0 Å². The molecule has 0 saturated heterocycles. The normalized spacial score (nSPS) is 19.9. The third kappa shape index (κ3) is 4.95. The number of allylic oxidation sites excluding steroid dienone is 1. The van der Waals surface area contributed by atoms with Gasteiger partial charge in [-0.15, -0.1) is 0 Å². The molecule has 0 saturated carbocycles. The van der Waals surface area contributed by atoms with E-state index in [1.54, 1.807) is 7.11 Å². The number of methoxy groups -OCH3 is 1. The first kappa shape index (κ1) is 22.2. The number of rotatable bonds is 7. The molecule has 2 aliphatic heterocycles. The number of amides is 2. The number of thioether (sulfide) groups is 1. The van der Waals surface area contributed by atoms with Crippen LogP contribution in [0, 0.1) is 11.8 Å². The lowest BCUT2D eigenvalue weighted by Crippen LogP contribution is -2.32. The Balaban J connectivity index is 2.17. The Morgan fingerprint density at radius 2 is 2.13 bits per heavy atom. The SMILES string of the molecule is C=C(OC)S/C(=C\C(C)CC)c1cc(C2=NNC(=O)CC2C)cc2c1NC(=O)CC2. The molecule has 2 heterocycles. The Bertz CT molecular complexity index is 936. The van der Waals surface area contributed by atoms with Gasteiger partial charge in [0.1, 0.15) is 5.09 Å². The molecule has 6 nitrogen and oxygen atoms in total. The number of carbonyl (C=O) groups is 2. The van der Waals surface area contributed by atoms with E-state index in [-0.39, 0.29) is 17.7 Å². The van der Waals surface area contributed by atoms with E-state index in [2.05, 4.69) is 54.5 Å². The number of hydrogen-bond donors (Lipinski definition) is 2. The van der Waals surface area contributed by atoms with Crippen molar-refractivity contribution in [3.05, 3.63) is 46.6 Å². The van der Waals surface area contributed by atoms with Crippen molar-refractivity contribution in [2.75, 3.05) is 12.4 Å². The highest BCUT2D eigenvalue weighted by molar-refractivity contribution is 8.11. The van der Waals surface area contributed by atoms with Crippen molar-refractivity contribution in [3.63, 3.8) is 0 Å². The Morgan fingerprint density at radius 3 is 2.80 bits per heavy atom. The standard InChI is InChI=1S/C23H29N3O3S/c1-6-13(2)9-19(30-15(4)29-5)18-12-17(22-14(3)10-21(28)25-26-22)11-16-7-8-20(27)24-23(16)18/h9,11-14H,4,6-8,10H2,1-3,5H3,(H,24,27)(H,25,28)/b19-9-. The maximum atomic E-state index is 12.2. The smallest absolute Gasteiger partial charge is 0.240 e. The van der Waals surface area contributed by atoms with Crippen LogP contribution in [0.2, 0.25) is 0 Å². The second-order valence-electron chi connectivity index (χ2n) is 7.84. The maximum absolute atomic E-state index is 12.2. The van der Waals surface area contributed by atoms with Crippen LogP contribution < -0.4 is 10.7 Å². The molecule has 0 radical (unpaired) electrons. The Hall–Kier alpha value is -2.54. The van der Waals surface area contributed by atoms with Crippen molar-refractivity contribution in [2.45, 2.75) is 46.5 Å². The van der Waals surface area contributed by atoms with Crippen LogP contribution >= 0.6 is 11.8 Å². The number of benzene rings is 1. The van der Waals surface area contributed by atoms with Crippen LogP contribution in [0.4, 0.5) is 5.69 Å². The summed E-state index contributed by atoms with van der Waals surface area (Å²) in [6.07, 6.45) is 4.72. The number of anilines is 1. The van der Waals surface area contributed by atoms with E-state index >= 15 is 0 Å². The number of hydrazone groups is 1. The Kier molecular flexibility index (Phi) is 7.02. The number of nitrogens with zero attached hydrogens (tertiary/aromatic N) is 1. The van der Waals surface area contributed by atoms with E-state index in [9.17, 15) is 9.59 Å². The van der Waals surface area contributed by atoms with Gasteiger partial charge in [0, 0.05) is 29.2 Å². The molecular weight excluding hydrogens is 398 g/mol. The predicted molar refractivity (Wildman–Crippen MR) is 123 cm³/mol. The average molecular weight is 428 g/mol. The predicted octanol–water partition coefficient (Wildman–Crippen LogP) is 4.67. The van der Waals surface area contributed by atoms with Gasteiger partial charge in [0.05, 0.1) is 18.5 Å². The lowest BCUT2D eigenvalue weighted by Gasteiger charge is -2.26. The fourth-order valence-electron chi connectivity index (χ4n) is 3.56. The molecule has 0 spiro atoms. The highest BCUT2D eigenvalue weighted by atomic mass is 32.2. The number of carbonyl (C=O) groups excluding carboxylic acids is 2. The van der Waals surface area contributed by atoms with E-state index in [1.165, 1.54) is 11.8 Å². The van der Waals surface area contributed by atoms with Crippen LogP contribution in [0.25, 0.3) is 4.91 Å². The molecule has 0 fully saturated rings. The van der Waals surface area contributed by atoms with Gasteiger partial charge in [-0.2, -0.15) is 5.10 Å². The Morgan fingerprint density at radius 1 is 1.37 bits per heavy atom. The molecule has 0 aromatic heterocycles. The third-order valence-corrected chi connectivity index (χ3v) is 6.43. The first-order valence-electron chi connectivity index (χ1n) is 10.3. The van der Waals surface area contributed by atoms with E-state index < -0.39 is 0 Å². The van der Waals surface area contributed by atoms with Crippen LogP contribution in [-0.4, -0.2) is 24.6 Å². The summed E-state index contributed by atoms with van der Waals surface area (Å²) in [6, 6.07) is 4.14. The van der Waals surface area contributed by atoms with Gasteiger partial charge in [-0.1, -0.05) is 45.0 Å². The summed E-state index contributed by atoms with van der Waals surface area (Å²) >= 11 is 1.46. The number of ether oxygens (including phenoxy) is 1. The molecule has 0 aliphatic carbocycles. The zero-order valence-electron chi connectivity index (χ0n) is 18.0. The molecular formula is C23H29N3O3S. The maximum Gasteiger partial charge on any atom is 0.240 e. The van der Waals surface area contributed by atoms with E-state index in [1.807, 2.05) is 6.92 Å². The van der Waals surface area contributed by atoms with Crippen LogP contribution in [0.1, 0.15) is 56.7 Å². The lowest BCUT2D eigenvalue weighted by molar-refractivity contribution is -0.122. The van der Waals surface area contributed by atoms with Crippen molar-refractivity contribution in [2.24, 2.45) is 16.9 Å². The molecule has 0 bridgehead atoms. The minimum Gasteiger partial charge on any atom is -0.491 e. The van der Waals surface area contributed by atoms with Gasteiger partial charge < -0.3 is 10.1 Å². The van der Waals surface area contributed by atoms with Gasteiger partial charge in [0.15, 0.2) is 0 Å². The first-order chi connectivity index (χ1) is 14.3. The molecule has 2 N–H and O–H groups in total. The number of fused-ring (bicyclic) bond motifs is 1. The number of aryl methyl sites for hydroxylation is 1. The zero-order valence-corrected chi connectivity index (χ0v) is 18.8. The molecule has 30 heavy (non-hydrogen) atoms.